The average molecular weight is 468 g/mol. The number of hydrogen-bond acceptors (Lipinski definition) is 0. The Bertz CT molecular complexity index is 652. The van der Waals surface area contributed by atoms with Gasteiger partial charge in [0, 0.05) is 0 Å². The molecule has 3 aromatic rings. The second-order valence-corrected chi connectivity index (χ2v) is 14.0. The van der Waals surface area contributed by atoms with Crippen LogP contribution in [0.1, 0.15) is 11.1 Å². The Balaban J connectivity index is 2.11. The van der Waals surface area contributed by atoms with E-state index in [9.17, 15) is 0 Å². The molecule has 0 spiro atoms. The summed E-state index contributed by atoms with van der Waals surface area (Å²) in [5.74, 6) is 0. The van der Waals surface area contributed by atoms with Crippen LogP contribution < -0.4 is 9.81 Å². The van der Waals surface area contributed by atoms with Crippen molar-refractivity contribution in [2.75, 3.05) is 0 Å². The van der Waals surface area contributed by atoms with Crippen LogP contribution in [0, 0.1) is 13.8 Å². The van der Waals surface area contributed by atoms with Crippen LogP contribution >= 0.6 is 0 Å². The van der Waals surface area contributed by atoms with Crippen molar-refractivity contribution in [1.82, 2.24) is 0 Å². The normalized spacial score (nSPS) is 10.8. The predicted octanol–water partition coefficient (Wildman–Crippen LogP) is 2.82. The van der Waals surface area contributed by atoms with Crippen LogP contribution in [0.3, 0.4) is 0 Å². The van der Waals surface area contributed by atoms with Crippen LogP contribution in [-0.4, -0.2) is 21.8 Å². The Morgan fingerprint density at radius 1 is 0.476 bits per heavy atom. The summed E-state index contributed by atoms with van der Waals surface area (Å²) in [6, 6.07) is 29.4. The van der Waals surface area contributed by atoms with Gasteiger partial charge in [-0.15, -0.1) is 0 Å². The van der Waals surface area contributed by atoms with Crippen LogP contribution in [-0.2, 0) is 0 Å². The molecule has 0 nitrogen and oxygen atoms in total. The maximum atomic E-state index is 2.33. The summed E-state index contributed by atoms with van der Waals surface area (Å²) < 4.78 is 4.64. The van der Waals surface area contributed by atoms with Gasteiger partial charge in [0.25, 0.3) is 0 Å². The molecule has 104 valence electrons. The van der Waals surface area contributed by atoms with Crippen LogP contribution in [0.15, 0.2) is 78.9 Å². The van der Waals surface area contributed by atoms with Crippen molar-refractivity contribution in [2.24, 2.45) is 0 Å². The summed E-state index contributed by atoms with van der Waals surface area (Å²) in [7, 11) is 0. The van der Waals surface area contributed by atoms with Crippen molar-refractivity contribution in [3.63, 3.8) is 0 Å². The van der Waals surface area contributed by atoms with Crippen molar-refractivity contribution in [3.05, 3.63) is 90.0 Å². The first-order valence-electron chi connectivity index (χ1n) is 7.22. The van der Waals surface area contributed by atoms with E-state index in [4.69, 9.17) is 0 Å². The van der Waals surface area contributed by atoms with Crippen LogP contribution in [0.25, 0.3) is 0 Å². The molecular weight excluding hydrogens is 449 g/mol. The third-order valence-electron chi connectivity index (χ3n) is 3.60. The quantitative estimate of drug-likeness (QED) is 0.519. The van der Waals surface area contributed by atoms with E-state index in [0.29, 0.717) is 0 Å². The number of benzene rings is 3. The molecule has 1 heteroatoms. The first-order chi connectivity index (χ1) is 10.2. The van der Waals surface area contributed by atoms with Crippen molar-refractivity contribution in [2.45, 2.75) is 13.8 Å². The Morgan fingerprint density at radius 3 is 1.29 bits per heavy atom. The first kappa shape index (κ1) is 14.5. The molecule has 0 aromatic heterocycles. The molecule has 0 heterocycles. The second kappa shape index (κ2) is 6.54. The van der Waals surface area contributed by atoms with Gasteiger partial charge in [0.2, 0.25) is 0 Å². The zero-order valence-corrected chi connectivity index (χ0v) is 15.9. The summed E-state index contributed by atoms with van der Waals surface area (Å²) >= 11 is -2.12. The molecule has 0 aliphatic carbocycles. The second-order valence-electron chi connectivity index (χ2n) is 5.34. The number of rotatable bonds is 3. The summed E-state index contributed by atoms with van der Waals surface area (Å²) in [6.07, 6.45) is 0. The van der Waals surface area contributed by atoms with Gasteiger partial charge >= 0.3 is 135 Å². The van der Waals surface area contributed by atoms with Gasteiger partial charge in [0.15, 0.2) is 0 Å². The zero-order chi connectivity index (χ0) is 14.7. The molecule has 0 bridgehead atoms. The van der Waals surface area contributed by atoms with Gasteiger partial charge in [-0.25, -0.2) is 0 Å². The van der Waals surface area contributed by atoms with E-state index in [1.165, 1.54) is 11.1 Å². The molecule has 0 atom stereocenters. The fourth-order valence-electron chi connectivity index (χ4n) is 2.41. The minimum absolute atomic E-state index is 1.33. The Kier molecular flexibility index (Phi) is 4.51. The average Bonchev–Trinajstić information content (AvgIpc) is 2.52. The summed E-state index contributed by atoms with van der Waals surface area (Å²) in [4.78, 5) is 0. The SMILES string of the molecule is Cc1cc[c]([Bi]([c]2ccccc2)[c]2ccc(C)cc2)cc1. The van der Waals surface area contributed by atoms with Crippen molar-refractivity contribution >= 4 is 31.6 Å². The molecule has 0 radical (unpaired) electrons. The monoisotopic (exact) mass is 468 g/mol. The molecule has 0 aliphatic heterocycles. The Morgan fingerprint density at radius 2 is 0.857 bits per heavy atom. The van der Waals surface area contributed by atoms with E-state index in [1.807, 2.05) is 0 Å². The van der Waals surface area contributed by atoms with Gasteiger partial charge in [-0.3, -0.25) is 0 Å². The third kappa shape index (κ3) is 3.42. The molecule has 0 fully saturated rings. The van der Waals surface area contributed by atoms with Crippen LogP contribution in [0.2, 0.25) is 0 Å². The molecule has 0 saturated carbocycles. The molecule has 0 saturated heterocycles. The molecule has 3 rings (SSSR count). The van der Waals surface area contributed by atoms with E-state index < -0.39 is 21.8 Å². The van der Waals surface area contributed by atoms with Crippen molar-refractivity contribution < 1.29 is 0 Å². The van der Waals surface area contributed by atoms with Crippen LogP contribution in [0.4, 0.5) is 0 Å². The third-order valence-corrected chi connectivity index (χ3v) is 13.1. The van der Waals surface area contributed by atoms with E-state index in [-0.39, 0.29) is 0 Å². The van der Waals surface area contributed by atoms with Gasteiger partial charge in [-0.1, -0.05) is 0 Å². The Hall–Kier alpha value is -1.46. The van der Waals surface area contributed by atoms with Gasteiger partial charge in [0.05, 0.1) is 0 Å². The van der Waals surface area contributed by atoms with E-state index in [0.717, 1.165) is 0 Å². The number of hydrogen-bond donors (Lipinski definition) is 0. The van der Waals surface area contributed by atoms with Gasteiger partial charge < -0.3 is 0 Å². The summed E-state index contributed by atoms with van der Waals surface area (Å²) in [6.45, 7) is 4.31. The molecular formula is C20H19Bi. The van der Waals surface area contributed by atoms with Crippen LogP contribution in [0.5, 0.6) is 0 Å². The molecule has 0 N–H and O–H groups in total. The summed E-state index contributed by atoms with van der Waals surface area (Å²) in [5, 5.41) is 0. The van der Waals surface area contributed by atoms with Crippen molar-refractivity contribution in [3.8, 4) is 0 Å². The molecule has 3 aromatic carbocycles. The minimum atomic E-state index is -2.12. The predicted molar refractivity (Wildman–Crippen MR) is 93.5 cm³/mol. The summed E-state index contributed by atoms with van der Waals surface area (Å²) in [5.41, 5.74) is 2.67. The molecule has 0 amide bonds. The standard InChI is InChI=1S/2C7H7.C6H5.Bi/c2*1-7-5-3-2-4-6-7;1-2-4-6-5-3-1;/h2*3-6H,1H3;1-5H;. The first-order valence-corrected chi connectivity index (χ1v) is 12.4. The van der Waals surface area contributed by atoms with Crippen molar-refractivity contribution in [1.29, 1.82) is 0 Å². The number of aryl methyl sites for hydroxylation is 2. The Labute approximate surface area is 135 Å². The van der Waals surface area contributed by atoms with Gasteiger partial charge in [0.1, 0.15) is 0 Å². The van der Waals surface area contributed by atoms with E-state index >= 15 is 0 Å². The van der Waals surface area contributed by atoms with Gasteiger partial charge in [-0.2, -0.15) is 0 Å². The molecule has 0 aliphatic rings. The fourth-order valence-corrected chi connectivity index (χ4v) is 11.2. The van der Waals surface area contributed by atoms with E-state index in [1.54, 1.807) is 9.81 Å². The molecule has 21 heavy (non-hydrogen) atoms. The van der Waals surface area contributed by atoms with Gasteiger partial charge in [-0.05, 0) is 0 Å². The van der Waals surface area contributed by atoms with E-state index in [2.05, 4.69) is 92.7 Å². The maximum absolute atomic E-state index is 2.33. The zero-order valence-electron chi connectivity index (χ0n) is 12.5. The fraction of sp³-hybridized carbons (Fsp3) is 0.100. The molecule has 0 unspecified atom stereocenters. The topological polar surface area (TPSA) is 0 Å².